The largest absolute Gasteiger partial charge is 0.342 e. The Balaban J connectivity index is 2.00. The Morgan fingerprint density at radius 3 is 2.58 bits per heavy atom. The van der Waals surface area contributed by atoms with Crippen molar-refractivity contribution >= 4 is 11.8 Å². The highest BCUT2D eigenvalue weighted by atomic mass is 16.2. The molecule has 2 amide bonds. The molecule has 2 fully saturated rings. The van der Waals surface area contributed by atoms with Gasteiger partial charge in [-0.25, -0.2) is 0 Å². The number of nitrogens with zero attached hydrogens (tertiary/aromatic N) is 1. The molecule has 2 aliphatic rings. The molecule has 108 valence electrons. The normalized spacial score (nSPS) is 29.9. The van der Waals surface area contributed by atoms with E-state index in [1.54, 1.807) is 4.90 Å². The van der Waals surface area contributed by atoms with Gasteiger partial charge in [0, 0.05) is 6.54 Å². The topological polar surface area (TPSA) is 49.4 Å². The molecule has 1 heterocycles. The van der Waals surface area contributed by atoms with Crippen LogP contribution in [-0.2, 0) is 9.59 Å². The summed E-state index contributed by atoms with van der Waals surface area (Å²) in [6.45, 7) is 6.66. The summed E-state index contributed by atoms with van der Waals surface area (Å²) in [5.41, 5.74) is 0. The molecule has 0 aromatic heterocycles. The second kappa shape index (κ2) is 5.93. The van der Waals surface area contributed by atoms with Crippen molar-refractivity contribution in [2.45, 2.75) is 65.0 Å². The lowest BCUT2D eigenvalue weighted by Gasteiger charge is -2.40. The van der Waals surface area contributed by atoms with Crippen molar-refractivity contribution in [2.75, 3.05) is 6.54 Å². The molecule has 4 heteroatoms. The van der Waals surface area contributed by atoms with E-state index in [9.17, 15) is 9.59 Å². The quantitative estimate of drug-likeness (QED) is 0.826. The lowest BCUT2D eigenvalue weighted by molar-refractivity contribution is -0.150. The fraction of sp³-hybridized carbons (Fsp3) is 0.867. The summed E-state index contributed by atoms with van der Waals surface area (Å²) in [7, 11) is 0. The zero-order valence-corrected chi connectivity index (χ0v) is 12.3. The number of nitrogens with one attached hydrogen (secondary N) is 1. The Hall–Kier alpha value is -1.06. The standard InChI is InChI=1S/C15H26N2O2/c1-4-10(2)13-15(19)17(11(3)14(18)16-13)9-8-12-6-5-7-12/h10-13H,4-9H2,1-3H3,(H,16,18). The number of carbonyl (C=O) groups is 2. The third-order valence-corrected chi connectivity index (χ3v) is 4.91. The van der Waals surface area contributed by atoms with Gasteiger partial charge in [0.1, 0.15) is 12.1 Å². The third kappa shape index (κ3) is 2.93. The second-order valence-corrected chi connectivity index (χ2v) is 6.17. The number of piperazine rings is 1. The van der Waals surface area contributed by atoms with E-state index in [1.165, 1.54) is 19.3 Å². The lowest BCUT2D eigenvalue weighted by atomic mass is 9.82. The van der Waals surface area contributed by atoms with Crippen molar-refractivity contribution in [3.05, 3.63) is 0 Å². The summed E-state index contributed by atoms with van der Waals surface area (Å²) in [4.78, 5) is 26.3. The molecule has 0 bridgehead atoms. The van der Waals surface area contributed by atoms with Gasteiger partial charge in [-0.05, 0) is 25.2 Å². The first kappa shape index (κ1) is 14.4. The first-order valence-electron chi connectivity index (χ1n) is 7.65. The fourth-order valence-electron chi connectivity index (χ4n) is 2.87. The van der Waals surface area contributed by atoms with Crippen molar-refractivity contribution in [3.8, 4) is 0 Å². The van der Waals surface area contributed by atoms with Gasteiger partial charge in [-0.15, -0.1) is 0 Å². The van der Waals surface area contributed by atoms with Crippen molar-refractivity contribution < 1.29 is 9.59 Å². The third-order valence-electron chi connectivity index (χ3n) is 4.91. The van der Waals surface area contributed by atoms with Gasteiger partial charge in [0.05, 0.1) is 0 Å². The minimum atomic E-state index is -0.324. The van der Waals surface area contributed by atoms with Crippen molar-refractivity contribution in [2.24, 2.45) is 11.8 Å². The second-order valence-electron chi connectivity index (χ2n) is 6.17. The van der Waals surface area contributed by atoms with E-state index in [4.69, 9.17) is 0 Å². The monoisotopic (exact) mass is 266 g/mol. The molecule has 0 radical (unpaired) electrons. The fourth-order valence-corrected chi connectivity index (χ4v) is 2.87. The first-order chi connectivity index (χ1) is 9.04. The molecule has 2 rings (SSSR count). The van der Waals surface area contributed by atoms with Crippen LogP contribution in [-0.4, -0.2) is 35.3 Å². The summed E-state index contributed by atoms with van der Waals surface area (Å²) < 4.78 is 0. The van der Waals surface area contributed by atoms with E-state index < -0.39 is 0 Å². The molecule has 1 aliphatic heterocycles. The maximum atomic E-state index is 12.5. The summed E-state index contributed by atoms with van der Waals surface area (Å²) in [5, 5.41) is 2.88. The highest BCUT2D eigenvalue weighted by Gasteiger charge is 2.40. The Morgan fingerprint density at radius 1 is 1.37 bits per heavy atom. The molecule has 1 aliphatic carbocycles. The Kier molecular flexibility index (Phi) is 4.48. The summed E-state index contributed by atoms with van der Waals surface area (Å²) in [6, 6.07) is -0.636. The molecule has 0 spiro atoms. The maximum Gasteiger partial charge on any atom is 0.246 e. The van der Waals surface area contributed by atoms with Crippen molar-refractivity contribution in [3.63, 3.8) is 0 Å². The predicted molar refractivity (Wildman–Crippen MR) is 74.5 cm³/mol. The zero-order valence-electron chi connectivity index (χ0n) is 12.3. The van der Waals surface area contributed by atoms with Crippen LogP contribution in [0.15, 0.2) is 0 Å². The van der Waals surface area contributed by atoms with Crippen LogP contribution >= 0.6 is 0 Å². The highest BCUT2D eigenvalue weighted by Crippen LogP contribution is 2.30. The average molecular weight is 266 g/mol. The molecule has 0 aromatic carbocycles. The first-order valence-corrected chi connectivity index (χ1v) is 7.65. The minimum Gasteiger partial charge on any atom is -0.342 e. The predicted octanol–water partition coefficient (Wildman–Crippen LogP) is 1.94. The average Bonchev–Trinajstić information content (AvgIpc) is 2.34. The van der Waals surface area contributed by atoms with E-state index in [1.807, 2.05) is 13.8 Å². The summed E-state index contributed by atoms with van der Waals surface area (Å²) >= 11 is 0. The summed E-state index contributed by atoms with van der Waals surface area (Å²) in [6.07, 6.45) is 5.86. The van der Waals surface area contributed by atoms with E-state index in [0.717, 1.165) is 25.3 Å². The summed E-state index contributed by atoms with van der Waals surface area (Å²) in [5.74, 6) is 1.08. The van der Waals surface area contributed by atoms with E-state index in [2.05, 4.69) is 12.2 Å². The van der Waals surface area contributed by atoms with Crippen LogP contribution in [0.1, 0.15) is 52.9 Å². The lowest BCUT2D eigenvalue weighted by Crippen LogP contribution is -2.64. The van der Waals surface area contributed by atoms with Crippen LogP contribution in [0.4, 0.5) is 0 Å². The molecule has 1 N–H and O–H groups in total. The van der Waals surface area contributed by atoms with E-state index in [-0.39, 0.29) is 29.8 Å². The molecular weight excluding hydrogens is 240 g/mol. The van der Waals surface area contributed by atoms with Crippen LogP contribution in [0.25, 0.3) is 0 Å². The Bertz CT molecular complexity index is 352. The van der Waals surface area contributed by atoms with Gasteiger partial charge in [-0.2, -0.15) is 0 Å². The minimum absolute atomic E-state index is 0.00138. The van der Waals surface area contributed by atoms with E-state index >= 15 is 0 Å². The number of hydrogen-bond donors (Lipinski definition) is 1. The Morgan fingerprint density at radius 2 is 2.05 bits per heavy atom. The number of hydrogen-bond acceptors (Lipinski definition) is 2. The van der Waals surface area contributed by atoms with Crippen LogP contribution in [0.2, 0.25) is 0 Å². The van der Waals surface area contributed by atoms with Gasteiger partial charge in [-0.3, -0.25) is 9.59 Å². The molecule has 4 nitrogen and oxygen atoms in total. The smallest absolute Gasteiger partial charge is 0.246 e. The van der Waals surface area contributed by atoms with Crippen LogP contribution in [0.5, 0.6) is 0 Å². The number of amides is 2. The van der Waals surface area contributed by atoms with Crippen LogP contribution in [0.3, 0.4) is 0 Å². The molecule has 3 unspecified atom stereocenters. The molecular formula is C15H26N2O2. The number of carbonyl (C=O) groups excluding carboxylic acids is 2. The molecule has 19 heavy (non-hydrogen) atoms. The van der Waals surface area contributed by atoms with Gasteiger partial charge in [0.25, 0.3) is 0 Å². The van der Waals surface area contributed by atoms with Gasteiger partial charge in [-0.1, -0.05) is 39.5 Å². The zero-order chi connectivity index (χ0) is 14.0. The van der Waals surface area contributed by atoms with Crippen LogP contribution in [0, 0.1) is 11.8 Å². The maximum absolute atomic E-state index is 12.5. The van der Waals surface area contributed by atoms with Gasteiger partial charge < -0.3 is 10.2 Å². The molecule has 1 saturated heterocycles. The van der Waals surface area contributed by atoms with Crippen molar-refractivity contribution in [1.82, 2.24) is 10.2 Å². The Labute approximate surface area is 115 Å². The van der Waals surface area contributed by atoms with Crippen molar-refractivity contribution in [1.29, 1.82) is 0 Å². The highest BCUT2D eigenvalue weighted by molar-refractivity contribution is 5.96. The van der Waals surface area contributed by atoms with Gasteiger partial charge >= 0.3 is 0 Å². The SMILES string of the molecule is CCC(C)C1NC(=O)C(C)N(CCC2CCC2)C1=O. The van der Waals surface area contributed by atoms with Crippen LogP contribution < -0.4 is 5.32 Å². The molecule has 1 saturated carbocycles. The van der Waals surface area contributed by atoms with Gasteiger partial charge in [0.2, 0.25) is 11.8 Å². The number of rotatable bonds is 5. The molecule has 3 atom stereocenters. The van der Waals surface area contributed by atoms with E-state index in [0.29, 0.717) is 0 Å². The van der Waals surface area contributed by atoms with Gasteiger partial charge in [0.15, 0.2) is 0 Å². The molecule has 0 aromatic rings.